The summed E-state index contributed by atoms with van der Waals surface area (Å²) >= 11 is 0. The molecule has 0 N–H and O–H groups in total. The second kappa shape index (κ2) is 14.7. The van der Waals surface area contributed by atoms with E-state index in [-0.39, 0.29) is 18.0 Å². The van der Waals surface area contributed by atoms with E-state index in [1.807, 2.05) is 0 Å². The monoisotopic (exact) mass is 282 g/mol. The first-order valence-corrected chi connectivity index (χ1v) is 8.74. The normalized spacial score (nSPS) is 10.7. The van der Waals surface area contributed by atoms with Crippen LogP contribution in [0.25, 0.3) is 0 Å². The zero-order valence-electron chi connectivity index (χ0n) is 13.7. The standard InChI is InChI=1S/C18H34O2/c1-3-5-7-8-9-10-11-12-13-15-18(20)16-17(19)14-6-4-2/h3-16H2,1-2H3. The number of Topliss-reactive ketones (excluding diaryl/α,β-unsaturated/α-hetero) is 2. The van der Waals surface area contributed by atoms with E-state index in [2.05, 4.69) is 13.8 Å². The van der Waals surface area contributed by atoms with Gasteiger partial charge in [0, 0.05) is 12.8 Å². The first-order chi connectivity index (χ1) is 9.70. The number of hydrogen-bond donors (Lipinski definition) is 0. The molecule has 0 fully saturated rings. The van der Waals surface area contributed by atoms with Crippen LogP contribution < -0.4 is 0 Å². The Balaban J connectivity index is 3.29. The van der Waals surface area contributed by atoms with Crippen molar-refractivity contribution in [1.29, 1.82) is 0 Å². The third-order valence-corrected chi connectivity index (χ3v) is 3.76. The molecule has 0 bridgehead atoms. The van der Waals surface area contributed by atoms with Crippen LogP contribution in [0.1, 0.15) is 104 Å². The van der Waals surface area contributed by atoms with Crippen LogP contribution in [0.15, 0.2) is 0 Å². The summed E-state index contributed by atoms with van der Waals surface area (Å²) < 4.78 is 0. The van der Waals surface area contributed by atoms with E-state index in [1.165, 1.54) is 44.9 Å². The average molecular weight is 282 g/mol. The third-order valence-electron chi connectivity index (χ3n) is 3.76. The van der Waals surface area contributed by atoms with E-state index in [4.69, 9.17) is 0 Å². The van der Waals surface area contributed by atoms with Gasteiger partial charge in [-0.3, -0.25) is 9.59 Å². The molecule has 0 radical (unpaired) electrons. The van der Waals surface area contributed by atoms with Crippen LogP contribution in [-0.4, -0.2) is 11.6 Å². The lowest BCUT2D eigenvalue weighted by atomic mass is 10.0. The van der Waals surface area contributed by atoms with Gasteiger partial charge < -0.3 is 0 Å². The van der Waals surface area contributed by atoms with Crippen LogP contribution in [-0.2, 0) is 9.59 Å². The molecule has 118 valence electrons. The van der Waals surface area contributed by atoms with Crippen molar-refractivity contribution in [2.75, 3.05) is 0 Å². The largest absolute Gasteiger partial charge is 0.299 e. The molecule has 0 aliphatic carbocycles. The summed E-state index contributed by atoms with van der Waals surface area (Å²) in [6, 6.07) is 0. The Morgan fingerprint density at radius 3 is 1.45 bits per heavy atom. The van der Waals surface area contributed by atoms with E-state index in [9.17, 15) is 9.59 Å². The number of ketones is 2. The van der Waals surface area contributed by atoms with Crippen LogP contribution in [0.4, 0.5) is 0 Å². The Bertz CT molecular complexity index is 246. The summed E-state index contributed by atoms with van der Waals surface area (Å²) in [7, 11) is 0. The molecular weight excluding hydrogens is 248 g/mol. The van der Waals surface area contributed by atoms with Gasteiger partial charge in [0.2, 0.25) is 0 Å². The van der Waals surface area contributed by atoms with Crippen LogP contribution in [0.5, 0.6) is 0 Å². The summed E-state index contributed by atoms with van der Waals surface area (Å²) in [5.74, 6) is 0.279. The van der Waals surface area contributed by atoms with Crippen molar-refractivity contribution in [3.05, 3.63) is 0 Å². The maximum absolute atomic E-state index is 11.6. The van der Waals surface area contributed by atoms with E-state index in [0.717, 1.165) is 25.7 Å². The number of carbonyl (C=O) groups is 2. The molecule has 0 amide bonds. The lowest BCUT2D eigenvalue weighted by Crippen LogP contribution is -2.07. The number of hydrogen-bond acceptors (Lipinski definition) is 2. The highest BCUT2D eigenvalue weighted by molar-refractivity contribution is 5.98. The van der Waals surface area contributed by atoms with E-state index in [0.29, 0.717) is 12.8 Å². The van der Waals surface area contributed by atoms with Crippen molar-refractivity contribution in [2.45, 2.75) is 104 Å². The lowest BCUT2D eigenvalue weighted by Gasteiger charge is -2.02. The average Bonchev–Trinajstić information content (AvgIpc) is 2.43. The Kier molecular flexibility index (Phi) is 14.3. The van der Waals surface area contributed by atoms with Gasteiger partial charge in [0.15, 0.2) is 0 Å². The van der Waals surface area contributed by atoms with Crippen LogP contribution in [0.3, 0.4) is 0 Å². The maximum Gasteiger partial charge on any atom is 0.140 e. The Hall–Kier alpha value is -0.660. The molecule has 20 heavy (non-hydrogen) atoms. The van der Waals surface area contributed by atoms with Crippen molar-refractivity contribution >= 4 is 11.6 Å². The highest BCUT2D eigenvalue weighted by atomic mass is 16.1. The van der Waals surface area contributed by atoms with E-state index < -0.39 is 0 Å². The maximum atomic E-state index is 11.6. The third kappa shape index (κ3) is 13.8. The quantitative estimate of drug-likeness (QED) is 0.288. The molecule has 2 nitrogen and oxygen atoms in total. The predicted molar refractivity (Wildman–Crippen MR) is 86.0 cm³/mol. The molecular formula is C18H34O2. The summed E-state index contributed by atoms with van der Waals surface area (Å²) in [4.78, 5) is 23.1. The first kappa shape index (κ1) is 19.3. The van der Waals surface area contributed by atoms with Crippen LogP contribution >= 0.6 is 0 Å². The predicted octanol–water partition coefficient (Wildman–Crippen LogP) is 5.63. The minimum absolute atomic E-state index is 0.132. The molecule has 0 aliphatic heterocycles. The number of rotatable bonds is 15. The van der Waals surface area contributed by atoms with Crippen LogP contribution in [0, 0.1) is 0 Å². The number of unbranched alkanes of at least 4 members (excludes halogenated alkanes) is 9. The molecule has 0 spiro atoms. The van der Waals surface area contributed by atoms with Crippen molar-refractivity contribution in [1.82, 2.24) is 0 Å². The summed E-state index contributed by atoms with van der Waals surface area (Å²) in [6.07, 6.45) is 14.7. The fourth-order valence-corrected chi connectivity index (χ4v) is 2.40. The van der Waals surface area contributed by atoms with Gasteiger partial charge in [-0.2, -0.15) is 0 Å². The lowest BCUT2D eigenvalue weighted by molar-refractivity contribution is -0.127. The van der Waals surface area contributed by atoms with Gasteiger partial charge in [0.25, 0.3) is 0 Å². The van der Waals surface area contributed by atoms with Gasteiger partial charge in [-0.25, -0.2) is 0 Å². The molecule has 0 atom stereocenters. The highest BCUT2D eigenvalue weighted by Gasteiger charge is 2.08. The fraction of sp³-hybridized carbons (Fsp3) is 0.889. The van der Waals surface area contributed by atoms with Crippen molar-refractivity contribution in [3.8, 4) is 0 Å². The van der Waals surface area contributed by atoms with Crippen LogP contribution in [0.2, 0.25) is 0 Å². The van der Waals surface area contributed by atoms with Crippen molar-refractivity contribution in [2.24, 2.45) is 0 Å². The van der Waals surface area contributed by atoms with Gasteiger partial charge in [0.05, 0.1) is 6.42 Å². The summed E-state index contributed by atoms with van der Waals surface area (Å²) in [6.45, 7) is 4.31. The van der Waals surface area contributed by atoms with Gasteiger partial charge in [0.1, 0.15) is 11.6 Å². The SMILES string of the molecule is CCCCCCCCCCCC(=O)CC(=O)CCCC. The molecule has 0 rings (SSSR count). The second-order valence-electron chi connectivity index (χ2n) is 5.94. The second-order valence-corrected chi connectivity index (χ2v) is 5.94. The zero-order chi connectivity index (χ0) is 15.1. The van der Waals surface area contributed by atoms with E-state index >= 15 is 0 Å². The van der Waals surface area contributed by atoms with Gasteiger partial charge in [-0.1, -0.05) is 71.6 Å². The summed E-state index contributed by atoms with van der Waals surface area (Å²) in [5, 5.41) is 0. The topological polar surface area (TPSA) is 34.1 Å². The molecule has 0 aromatic rings. The molecule has 0 unspecified atom stereocenters. The fourth-order valence-electron chi connectivity index (χ4n) is 2.40. The van der Waals surface area contributed by atoms with Gasteiger partial charge in [-0.05, 0) is 12.8 Å². The van der Waals surface area contributed by atoms with Crippen molar-refractivity contribution < 1.29 is 9.59 Å². The Morgan fingerprint density at radius 2 is 0.950 bits per heavy atom. The number of carbonyl (C=O) groups excluding carboxylic acids is 2. The highest BCUT2D eigenvalue weighted by Crippen LogP contribution is 2.11. The minimum Gasteiger partial charge on any atom is -0.299 e. The molecule has 0 saturated carbocycles. The van der Waals surface area contributed by atoms with Gasteiger partial charge in [-0.15, -0.1) is 0 Å². The molecule has 0 saturated heterocycles. The van der Waals surface area contributed by atoms with E-state index in [1.54, 1.807) is 0 Å². The molecule has 0 aromatic carbocycles. The molecule has 2 heteroatoms. The van der Waals surface area contributed by atoms with Crippen molar-refractivity contribution in [3.63, 3.8) is 0 Å². The zero-order valence-corrected chi connectivity index (χ0v) is 13.7. The summed E-state index contributed by atoms with van der Waals surface area (Å²) in [5.41, 5.74) is 0. The first-order valence-electron chi connectivity index (χ1n) is 8.74. The molecule has 0 aromatic heterocycles. The Labute approximate surface area is 125 Å². The minimum atomic E-state index is 0.132. The smallest absolute Gasteiger partial charge is 0.140 e. The Morgan fingerprint density at radius 1 is 0.550 bits per heavy atom. The molecule has 0 heterocycles. The van der Waals surface area contributed by atoms with Gasteiger partial charge >= 0.3 is 0 Å². The molecule has 0 aliphatic rings.